The summed E-state index contributed by atoms with van der Waals surface area (Å²) < 4.78 is 24.0. The normalized spacial score (nSPS) is 48.0. The van der Waals surface area contributed by atoms with Crippen LogP contribution in [0.1, 0.15) is 99.3 Å². The quantitative estimate of drug-likeness (QED) is 0.512. The van der Waals surface area contributed by atoms with Crippen molar-refractivity contribution in [3.63, 3.8) is 0 Å². The van der Waals surface area contributed by atoms with E-state index in [4.69, 9.17) is 18.9 Å². The fraction of sp³-hybridized carbons (Fsp3) is 0.897. The monoisotopic (exact) mass is 520 g/mol. The summed E-state index contributed by atoms with van der Waals surface area (Å²) in [6.07, 6.45) is 5.12. The van der Waals surface area contributed by atoms with Gasteiger partial charge in [-0.3, -0.25) is 14.4 Å². The highest BCUT2D eigenvalue weighted by molar-refractivity contribution is 5.70. The zero-order valence-electron chi connectivity index (χ0n) is 23.2. The molecule has 1 N–H and O–H groups in total. The third-order valence-corrected chi connectivity index (χ3v) is 11.4. The SMILES string of the molecule is CC(=O)O[C@H]1O[C@H]2O[C@]1(CC(=O)O)[C@H](OC(C)=O)C[C@@H]1[C@@H]2CCC2[C@@]3(C)CCCC(C)(C)C3CC[C@]21C. The topological polar surface area (TPSA) is 108 Å². The zero-order chi connectivity index (χ0) is 27.0. The minimum absolute atomic E-state index is 0.00675. The maximum Gasteiger partial charge on any atom is 0.306 e. The zero-order valence-corrected chi connectivity index (χ0v) is 23.2. The molecule has 0 spiro atoms. The van der Waals surface area contributed by atoms with Crippen molar-refractivity contribution < 1.29 is 38.4 Å². The van der Waals surface area contributed by atoms with Gasteiger partial charge in [-0.15, -0.1) is 0 Å². The standard InChI is InChI=1S/C29H44O8/c1-16(30)34-22-14-19-18(24-36-25(35-17(2)31)29(22,37-24)15-23(32)33)8-9-21-27(19,5)13-10-20-26(3,4)11-7-12-28(20,21)6/h18-22,24-25H,7-15H2,1-6H3,(H,32,33)/t18-,19+,20?,21?,22+,24-,25-,27-,28-,29+/m0/s1. The fourth-order valence-corrected chi connectivity index (χ4v) is 10.1. The van der Waals surface area contributed by atoms with Crippen LogP contribution in [0.5, 0.6) is 0 Å². The van der Waals surface area contributed by atoms with Gasteiger partial charge in [0.05, 0.1) is 6.42 Å². The Morgan fingerprint density at radius 1 is 0.892 bits per heavy atom. The van der Waals surface area contributed by atoms with Gasteiger partial charge in [-0.1, -0.05) is 34.1 Å². The second kappa shape index (κ2) is 8.94. The Balaban J connectivity index is 1.55. The molecule has 10 atom stereocenters. The summed E-state index contributed by atoms with van der Waals surface area (Å²) in [6.45, 7) is 12.4. The van der Waals surface area contributed by atoms with Crippen LogP contribution >= 0.6 is 0 Å². The lowest BCUT2D eigenvalue weighted by Gasteiger charge is -2.67. The van der Waals surface area contributed by atoms with Crippen molar-refractivity contribution in [1.82, 2.24) is 0 Å². The highest BCUT2D eigenvalue weighted by Crippen LogP contribution is 2.71. The summed E-state index contributed by atoms with van der Waals surface area (Å²) >= 11 is 0. The Kier molecular flexibility index (Phi) is 6.50. The van der Waals surface area contributed by atoms with Crippen molar-refractivity contribution in [1.29, 1.82) is 0 Å². The third kappa shape index (κ3) is 4.12. The average molecular weight is 521 g/mol. The van der Waals surface area contributed by atoms with E-state index in [0.717, 1.165) is 19.3 Å². The first-order chi connectivity index (χ1) is 17.2. The first-order valence-corrected chi connectivity index (χ1v) is 14.1. The predicted molar refractivity (Wildman–Crippen MR) is 133 cm³/mol. The molecule has 0 aromatic heterocycles. The van der Waals surface area contributed by atoms with Crippen LogP contribution in [-0.2, 0) is 33.3 Å². The highest BCUT2D eigenvalue weighted by Gasteiger charge is 2.69. The molecule has 5 rings (SSSR count). The van der Waals surface area contributed by atoms with E-state index in [1.807, 2.05) is 0 Å². The van der Waals surface area contributed by atoms with Crippen molar-refractivity contribution >= 4 is 17.9 Å². The van der Waals surface area contributed by atoms with Gasteiger partial charge in [0, 0.05) is 19.8 Å². The Hall–Kier alpha value is -1.67. The molecule has 2 aliphatic heterocycles. The van der Waals surface area contributed by atoms with Gasteiger partial charge in [-0.25, -0.2) is 0 Å². The van der Waals surface area contributed by atoms with E-state index >= 15 is 0 Å². The number of hydrogen-bond donors (Lipinski definition) is 1. The molecule has 8 heteroatoms. The Morgan fingerprint density at radius 3 is 2.24 bits per heavy atom. The molecule has 3 aliphatic carbocycles. The molecule has 0 aromatic carbocycles. The molecule has 37 heavy (non-hydrogen) atoms. The molecule has 0 aromatic rings. The lowest BCUT2D eigenvalue weighted by Crippen LogP contribution is -2.61. The summed E-state index contributed by atoms with van der Waals surface area (Å²) in [4.78, 5) is 36.4. The number of ether oxygens (including phenoxy) is 4. The maximum absolute atomic E-state index is 12.3. The van der Waals surface area contributed by atoms with E-state index in [9.17, 15) is 19.5 Å². The van der Waals surface area contributed by atoms with Crippen molar-refractivity contribution in [2.24, 2.45) is 39.9 Å². The molecule has 2 unspecified atom stereocenters. The molecule has 2 saturated heterocycles. The summed E-state index contributed by atoms with van der Waals surface area (Å²) in [6, 6.07) is 0. The number of hydrogen-bond acceptors (Lipinski definition) is 7. The molecular weight excluding hydrogens is 476 g/mol. The summed E-state index contributed by atoms with van der Waals surface area (Å²) in [5.74, 6) is -0.883. The molecule has 2 bridgehead atoms. The van der Waals surface area contributed by atoms with Crippen LogP contribution in [0.2, 0.25) is 0 Å². The van der Waals surface area contributed by atoms with E-state index in [-0.39, 0.29) is 22.7 Å². The van der Waals surface area contributed by atoms with Crippen LogP contribution in [0.25, 0.3) is 0 Å². The van der Waals surface area contributed by atoms with Gasteiger partial charge in [-0.2, -0.15) is 0 Å². The molecule has 5 aliphatic rings. The van der Waals surface area contributed by atoms with Crippen molar-refractivity contribution in [2.45, 2.75) is 124 Å². The number of rotatable bonds is 4. The first-order valence-electron chi connectivity index (χ1n) is 14.1. The van der Waals surface area contributed by atoms with Crippen LogP contribution < -0.4 is 0 Å². The van der Waals surface area contributed by atoms with Crippen LogP contribution in [0.3, 0.4) is 0 Å². The van der Waals surface area contributed by atoms with E-state index in [2.05, 4.69) is 27.7 Å². The highest BCUT2D eigenvalue weighted by atomic mass is 16.8. The van der Waals surface area contributed by atoms with Crippen LogP contribution in [0, 0.1) is 39.9 Å². The van der Waals surface area contributed by atoms with Gasteiger partial charge in [0.2, 0.25) is 6.29 Å². The molecule has 3 saturated carbocycles. The molecule has 8 nitrogen and oxygen atoms in total. The predicted octanol–water partition coefficient (Wildman–Crippen LogP) is 5.07. The number of esters is 2. The van der Waals surface area contributed by atoms with Crippen LogP contribution in [0.15, 0.2) is 0 Å². The third-order valence-electron chi connectivity index (χ3n) is 11.4. The van der Waals surface area contributed by atoms with Crippen LogP contribution in [0.4, 0.5) is 0 Å². The van der Waals surface area contributed by atoms with E-state index in [1.54, 1.807) is 0 Å². The van der Waals surface area contributed by atoms with E-state index < -0.39 is 48.6 Å². The minimum Gasteiger partial charge on any atom is -0.481 e. The largest absolute Gasteiger partial charge is 0.481 e. The smallest absolute Gasteiger partial charge is 0.306 e. The van der Waals surface area contributed by atoms with Crippen LogP contribution in [-0.4, -0.2) is 47.3 Å². The van der Waals surface area contributed by atoms with Gasteiger partial charge < -0.3 is 24.1 Å². The Labute approximate surface area is 220 Å². The molecule has 0 radical (unpaired) electrons. The van der Waals surface area contributed by atoms with Crippen molar-refractivity contribution in [3.8, 4) is 0 Å². The lowest BCUT2D eigenvalue weighted by atomic mass is 9.38. The maximum atomic E-state index is 12.3. The number of carbonyl (C=O) groups excluding carboxylic acids is 2. The number of carboxylic acid groups (broad SMARTS) is 1. The van der Waals surface area contributed by atoms with Gasteiger partial charge >= 0.3 is 17.9 Å². The molecule has 2 heterocycles. The van der Waals surface area contributed by atoms with Crippen molar-refractivity contribution in [2.75, 3.05) is 0 Å². The van der Waals surface area contributed by atoms with Gasteiger partial charge in [-0.05, 0) is 78.9 Å². The summed E-state index contributed by atoms with van der Waals surface area (Å²) in [5, 5.41) is 9.87. The van der Waals surface area contributed by atoms with Gasteiger partial charge in [0.15, 0.2) is 11.9 Å². The number of carbonyl (C=O) groups is 3. The minimum atomic E-state index is -1.58. The average Bonchev–Trinajstić information content (AvgIpc) is 3.03. The number of aliphatic carboxylic acids is 1. The second-order valence-electron chi connectivity index (χ2n) is 13.8. The van der Waals surface area contributed by atoms with Crippen molar-refractivity contribution in [3.05, 3.63) is 0 Å². The number of carboxylic acids is 1. The fourth-order valence-electron chi connectivity index (χ4n) is 10.1. The lowest BCUT2D eigenvalue weighted by molar-refractivity contribution is -0.228. The summed E-state index contributed by atoms with van der Waals surface area (Å²) in [5.41, 5.74) is -1.03. The Morgan fingerprint density at radius 2 is 1.59 bits per heavy atom. The van der Waals surface area contributed by atoms with E-state index in [1.165, 1.54) is 39.5 Å². The van der Waals surface area contributed by atoms with Gasteiger partial charge in [0.25, 0.3) is 0 Å². The molecule has 5 fully saturated rings. The summed E-state index contributed by atoms with van der Waals surface area (Å²) in [7, 11) is 0. The molecular formula is C29H44O8. The Bertz CT molecular complexity index is 962. The molecule has 208 valence electrons. The van der Waals surface area contributed by atoms with Gasteiger partial charge in [0.1, 0.15) is 6.10 Å². The number of fused-ring (bicyclic) bond motifs is 8. The first kappa shape index (κ1) is 26.9. The molecule has 0 amide bonds. The van der Waals surface area contributed by atoms with E-state index in [0.29, 0.717) is 23.7 Å². The second-order valence-corrected chi connectivity index (χ2v) is 13.8.